The first-order chi connectivity index (χ1) is 11.1. The molecule has 0 saturated carbocycles. The van der Waals surface area contributed by atoms with Crippen LogP contribution in [0.25, 0.3) is 11.3 Å². The first kappa shape index (κ1) is 15.8. The molecule has 0 atom stereocenters. The molecule has 2 N–H and O–H groups in total. The molecule has 23 heavy (non-hydrogen) atoms. The first-order valence-corrected chi connectivity index (χ1v) is 7.91. The number of rotatable bonds is 5. The molecule has 0 amide bonds. The maximum absolute atomic E-state index is 12.9. The summed E-state index contributed by atoms with van der Waals surface area (Å²) < 4.78 is 18.8. The highest BCUT2D eigenvalue weighted by molar-refractivity contribution is 6.31. The fourth-order valence-corrected chi connectivity index (χ4v) is 2.68. The molecule has 2 nitrogen and oxygen atoms in total. The van der Waals surface area contributed by atoms with Crippen LogP contribution in [0, 0.1) is 12.7 Å². The third-order valence-electron chi connectivity index (χ3n) is 3.83. The van der Waals surface area contributed by atoms with Gasteiger partial charge in [-0.25, -0.2) is 4.39 Å². The summed E-state index contributed by atoms with van der Waals surface area (Å²) >= 11 is 6.16. The maximum atomic E-state index is 12.9. The Kier molecular flexibility index (Phi) is 4.79. The number of quaternary nitrogens is 1. The molecule has 2 aromatic carbocycles. The molecule has 0 aliphatic heterocycles. The van der Waals surface area contributed by atoms with Crippen LogP contribution in [0.3, 0.4) is 0 Å². The van der Waals surface area contributed by atoms with Gasteiger partial charge in [-0.05, 0) is 42.8 Å². The lowest BCUT2D eigenvalue weighted by atomic mass is 10.1. The maximum Gasteiger partial charge on any atom is 0.158 e. The van der Waals surface area contributed by atoms with E-state index in [0.717, 1.165) is 46.3 Å². The molecule has 3 rings (SSSR count). The highest BCUT2D eigenvalue weighted by atomic mass is 35.5. The summed E-state index contributed by atoms with van der Waals surface area (Å²) in [6, 6.07) is 16.3. The molecule has 1 aromatic heterocycles. The summed E-state index contributed by atoms with van der Waals surface area (Å²) in [5.74, 6) is 1.53. The average Bonchev–Trinajstić information content (AvgIpc) is 3.01. The fourth-order valence-electron chi connectivity index (χ4n) is 2.51. The van der Waals surface area contributed by atoms with Gasteiger partial charge in [-0.3, -0.25) is 0 Å². The third kappa shape index (κ3) is 3.81. The van der Waals surface area contributed by atoms with Crippen molar-refractivity contribution in [3.63, 3.8) is 0 Å². The SMILES string of the molecule is Cc1c(Cl)cccc1-c1ccc(C[NH2+]Cc2ccc(F)cc2)o1. The van der Waals surface area contributed by atoms with Gasteiger partial charge in [0, 0.05) is 16.1 Å². The summed E-state index contributed by atoms with van der Waals surface area (Å²) in [6.45, 7) is 3.50. The highest BCUT2D eigenvalue weighted by Crippen LogP contribution is 2.29. The van der Waals surface area contributed by atoms with Crippen molar-refractivity contribution in [2.75, 3.05) is 0 Å². The summed E-state index contributed by atoms with van der Waals surface area (Å²) in [4.78, 5) is 0. The van der Waals surface area contributed by atoms with Gasteiger partial charge in [0.1, 0.15) is 24.7 Å². The van der Waals surface area contributed by atoms with E-state index in [-0.39, 0.29) is 5.82 Å². The number of nitrogens with two attached hydrogens (primary N) is 1. The van der Waals surface area contributed by atoms with Crippen molar-refractivity contribution in [2.45, 2.75) is 20.0 Å². The van der Waals surface area contributed by atoms with Crippen LogP contribution in [-0.2, 0) is 13.1 Å². The Bertz CT molecular complexity index is 795. The van der Waals surface area contributed by atoms with Crippen LogP contribution in [0.5, 0.6) is 0 Å². The summed E-state index contributed by atoms with van der Waals surface area (Å²) in [6.07, 6.45) is 0. The third-order valence-corrected chi connectivity index (χ3v) is 4.24. The second kappa shape index (κ2) is 6.99. The minimum atomic E-state index is -0.207. The number of benzene rings is 2. The van der Waals surface area contributed by atoms with E-state index in [1.807, 2.05) is 37.3 Å². The molecule has 0 fully saturated rings. The van der Waals surface area contributed by atoms with Crippen LogP contribution in [0.4, 0.5) is 4.39 Å². The summed E-state index contributed by atoms with van der Waals surface area (Å²) in [5, 5.41) is 2.86. The normalized spacial score (nSPS) is 10.9. The van der Waals surface area contributed by atoms with E-state index in [1.165, 1.54) is 12.1 Å². The standard InChI is InChI=1S/C19H17ClFNO/c1-13-17(3-2-4-18(13)20)19-10-9-16(23-19)12-22-11-14-5-7-15(21)8-6-14/h2-10,22H,11-12H2,1H3/p+1. The van der Waals surface area contributed by atoms with Gasteiger partial charge in [-0.1, -0.05) is 35.9 Å². The minimum absolute atomic E-state index is 0.207. The number of furan rings is 1. The predicted octanol–water partition coefficient (Wildman–Crippen LogP) is 4.31. The lowest BCUT2D eigenvalue weighted by Crippen LogP contribution is -2.80. The molecule has 0 unspecified atom stereocenters. The minimum Gasteiger partial charge on any atom is -0.455 e. The molecule has 0 aliphatic rings. The van der Waals surface area contributed by atoms with Crippen molar-refractivity contribution in [3.05, 3.63) is 82.3 Å². The highest BCUT2D eigenvalue weighted by Gasteiger charge is 2.10. The van der Waals surface area contributed by atoms with Gasteiger partial charge in [0.15, 0.2) is 5.76 Å². The van der Waals surface area contributed by atoms with Crippen molar-refractivity contribution >= 4 is 11.6 Å². The van der Waals surface area contributed by atoms with Crippen molar-refractivity contribution in [1.82, 2.24) is 0 Å². The molecular formula is C19H18ClFNO+. The van der Waals surface area contributed by atoms with Crippen molar-refractivity contribution in [1.29, 1.82) is 0 Å². The lowest BCUT2D eigenvalue weighted by molar-refractivity contribution is -0.687. The monoisotopic (exact) mass is 330 g/mol. The van der Waals surface area contributed by atoms with Gasteiger partial charge in [0.05, 0.1) is 0 Å². The molecule has 0 radical (unpaired) electrons. The van der Waals surface area contributed by atoms with Gasteiger partial charge < -0.3 is 9.73 Å². The molecule has 3 aromatic rings. The average molecular weight is 331 g/mol. The van der Waals surface area contributed by atoms with Crippen LogP contribution in [0.15, 0.2) is 59.0 Å². The second-order valence-corrected chi connectivity index (χ2v) is 5.91. The number of hydrogen-bond acceptors (Lipinski definition) is 1. The molecular weight excluding hydrogens is 313 g/mol. The summed E-state index contributed by atoms with van der Waals surface area (Å²) in [7, 11) is 0. The molecule has 0 spiro atoms. The zero-order valence-electron chi connectivity index (χ0n) is 12.9. The van der Waals surface area contributed by atoms with Crippen molar-refractivity contribution < 1.29 is 14.1 Å². The molecule has 1 heterocycles. The van der Waals surface area contributed by atoms with Crippen LogP contribution >= 0.6 is 11.6 Å². The van der Waals surface area contributed by atoms with E-state index in [4.69, 9.17) is 16.0 Å². The van der Waals surface area contributed by atoms with Crippen LogP contribution < -0.4 is 5.32 Å². The number of hydrogen-bond donors (Lipinski definition) is 1. The Labute approximate surface area is 139 Å². The molecule has 4 heteroatoms. The second-order valence-electron chi connectivity index (χ2n) is 5.50. The molecule has 118 valence electrons. The largest absolute Gasteiger partial charge is 0.455 e. The van der Waals surface area contributed by atoms with Gasteiger partial charge in [-0.15, -0.1) is 0 Å². The van der Waals surface area contributed by atoms with E-state index in [9.17, 15) is 4.39 Å². The van der Waals surface area contributed by atoms with Gasteiger partial charge in [-0.2, -0.15) is 0 Å². The van der Waals surface area contributed by atoms with E-state index in [0.29, 0.717) is 0 Å². The smallest absolute Gasteiger partial charge is 0.158 e. The Morgan fingerprint density at radius 1 is 1.00 bits per heavy atom. The zero-order chi connectivity index (χ0) is 16.2. The fraction of sp³-hybridized carbons (Fsp3) is 0.158. The van der Waals surface area contributed by atoms with Gasteiger partial charge in [0.25, 0.3) is 0 Å². The van der Waals surface area contributed by atoms with Crippen LogP contribution in [0.2, 0.25) is 5.02 Å². The van der Waals surface area contributed by atoms with Crippen molar-refractivity contribution in [2.24, 2.45) is 0 Å². The summed E-state index contributed by atoms with van der Waals surface area (Å²) in [5.41, 5.74) is 3.12. The first-order valence-electron chi connectivity index (χ1n) is 7.54. The zero-order valence-corrected chi connectivity index (χ0v) is 13.6. The van der Waals surface area contributed by atoms with E-state index >= 15 is 0 Å². The van der Waals surface area contributed by atoms with Gasteiger partial charge >= 0.3 is 0 Å². The quantitative estimate of drug-likeness (QED) is 0.742. The molecule has 0 aliphatic carbocycles. The van der Waals surface area contributed by atoms with Crippen molar-refractivity contribution in [3.8, 4) is 11.3 Å². The molecule has 0 bridgehead atoms. The predicted molar refractivity (Wildman–Crippen MR) is 89.6 cm³/mol. The lowest BCUT2D eigenvalue weighted by Gasteiger charge is -2.04. The Hall–Kier alpha value is -2.10. The van der Waals surface area contributed by atoms with Gasteiger partial charge in [0.2, 0.25) is 0 Å². The van der Waals surface area contributed by atoms with Crippen LogP contribution in [0.1, 0.15) is 16.9 Å². The van der Waals surface area contributed by atoms with E-state index in [2.05, 4.69) is 5.32 Å². The van der Waals surface area contributed by atoms with E-state index in [1.54, 1.807) is 12.1 Å². The Balaban J connectivity index is 1.63. The van der Waals surface area contributed by atoms with Crippen LogP contribution in [-0.4, -0.2) is 0 Å². The van der Waals surface area contributed by atoms with E-state index < -0.39 is 0 Å². The topological polar surface area (TPSA) is 29.8 Å². The molecule has 0 saturated heterocycles. The Morgan fingerprint density at radius 2 is 1.78 bits per heavy atom. The Morgan fingerprint density at radius 3 is 2.57 bits per heavy atom. The number of halogens is 2.